The number of rotatable bonds is 9. The molecule has 0 aliphatic carbocycles. The lowest BCUT2D eigenvalue weighted by Crippen LogP contribution is -2.00. The van der Waals surface area contributed by atoms with Gasteiger partial charge in [0.25, 0.3) is 10.1 Å². The van der Waals surface area contributed by atoms with E-state index >= 15 is 0 Å². The van der Waals surface area contributed by atoms with Crippen molar-refractivity contribution in [3.8, 4) is 0 Å². The van der Waals surface area contributed by atoms with Gasteiger partial charge in [-0.3, -0.25) is 4.55 Å². The third kappa shape index (κ3) is 6.67. The van der Waals surface area contributed by atoms with Crippen LogP contribution in [0.2, 0.25) is 0 Å². The largest absolute Gasteiger partial charge is 0.382 e. The van der Waals surface area contributed by atoms with Crippen molar-refractivity contribution in [2.24, 2.45) is 20.5 Å². The van der Waals surface area contributed by atoms with Crippen LogP contribution >= 0.6 is 23.8 Å². The minimum absolute atomic E-state index is 0.0413. The van der Waals surface area contributed by atoms with Crippen molar-refractivity contribution >= 4 is 68.3 Å². The Labute approximate surface area is 201 Å². The molecule has 17 heteroatoms. The van der Waals surface area contributed by atoms with E-state index in [9.17, 15) is 13.0 Å². The monoisotopic (exact) mass is 524 g/mol. The summed E-state index contributed by atoms with van der Waals surface area (Å²) in [5.74, 6) is -0.0846. The van der Waals surface area contributed by atoms with Crippen LogP contribution in [0.25, 0.3) is 0 Å². The second kappa shape index (κ2) is 11.3. The van der Waals surface area contributed by atoms with Gasteiger partial charge in [-0.1, -0.05) is 16.8 Å². The molecule has 6 N–H and O–H groups in total. The number of azo groups is 2. The van der Waals surface area contributed by atoms with Gasteiger partial charge in [0.15, 0.2) is 22.5 Å². The molecule has 0 fully saturated rings. The summed E-state index contributed by atoms with van der Waals surface area (Å²) < 4.78 is 37.7. The molecule has 14 nitrogen and oxygen atoms in total. The van der Waals surface area contributed by atoms with Crippen LogP contribution in [0.1, 0.15) is 0 Å². The Bertz CT molecular complexity index is 1310. The van der Waals surface area contributed by atoms with Crippen molar-refractivity contribution in [2.45, 2.75) is 14.9 Å². The van der Waals surface area contributed by atoms with Crippen LogP contribution in [0.3, 0.4) is 0 Å². The molecule has 2 aromatic carbocycles. The average molecular weight is 525 g/mol. The fourth-order valence-electron chi connectivity index (χ4n) is 2.36. The normalized spacial score (nSPS) is 12.1. The molecule has 3 rings (SSSR count). The molecule has 0 radical (unpaired) electrons. The van der Waals surface area contributed by atoms with Crippen molar-refractivity contribution < 1.29 is 27.6 Å². The molecule has 34 heavy (non-hydrogen) atoms. The molecule has 0 unspecified atom stereocenters. The number of anilines is 2. The third-order valence-corrected chi connectivity index (χ3v) is 5.88. The molecule has 0 aliphatic rings. The Kier molecular flexibility index (Phi) is 8.45. The van der Waals surface area contributed by atoms with Crippen LogP contribution in [0.5, 0.6) is 0 Å². The number of nitrogens with zero attached hydrogens (tertiary/aromatic N) is 6. The summed E-state index contributed by atoms with van der Waals surface area (Å²) in [6.45, 7) is 0. The van der Waals surface area contributed by atoms with Gasteiger partial charge in [0.05, 0.1) is 23.4 Å². The fraction of sp³-hybridized carbons (Fsp3) is 0.0588. The van der Waals surface area contributed by atoms with E-state index < -0.39 is 15.0 Å². The van der Waals surface area contributed by atoms with Crippen LogP contribution in [-0.2, 0) is 19.5 Å². The number of nitrogen functional groups attached to an aromatic ring is 2. The smallest absolute Gasteiger partial charge is 0.296 e. The van der Waals surface area contributed by atoms with Gasteiger partial charge in [-0.25, -0.2) is 15.2 Å². The first kappa shape index (κ1) is 25.4. The molecule has 0 bridgehead atoms. The number of hydrogen-bond acceptors (Lipinski definition) is 15. The standard InChI is InChI=1S/C17H16N8O6S3/c1-32-17-20-15(18)14(16(19)21-17)25-24-12-7-4-10(8-13(12)34(27,28)29)23-22-9-2-5-11(6-3-9)33-31-30-26/h2-8,26H,1H3,(H,27,28,29)(H4,18,19,20,21)/b23-22+,25-24+. The second-order valence-corrected chi connectivity index (χ2v) is 9.01. The Morgan fingerprint density at radius 3 is 2.15 bits per heavy atom. The predicted octanol–water partition coefficient (Wildman–Crippen LogP) is 4.87. The molecule has 0 amide bonds. The van der Waals surface area contributed by atoms with Crippen LogP contribution in [0.15, 0.2) is 77.9 Å². The summed E-state index contributed by atoms with van der Waals surface area (Å²) in [5.41, 5.74) is 12.0. The fourth-order valence-corrected chi connectivity index (χ4v) is 3.74. The summed E-state index contributed by atoms with van der Waals surface area (Å²) in [6, 6.07) is 10.2. The van der Waals surface area contributed by atoms with E-state index in [0.717, 1.165) is 18.1 Å². The first-order valence-electron chi connectivity index (χ1n) is 8.88. The number of thioether (sulfide) groups is 1. The van der Waals surface area contributed by atoms with Crippen molar-refractivity contribution in [1.82, 2.24) is 9.97 Å². The molecule has 3 aromatic rings. The van der Waals surface area contributed by atoms with E-state index in [0.29, 0.717) is 15.7 Å². The van der Waals surface area contributed by atoms with E-state index in [-0.39, 0.29) is 28.7 Å². The number of benzene rings is 2. The first-order valence-corrected chi connectivity index (χ1v) is 12.3. The number of nitrogens with two attached hydrogens (primary N) is 2. The highest BCUT2D eigenvalue weighted by Gasteiger charge is 2.17. The Balaban J connectivity index is 1.88. The molecule has 178 valence electrons. The van der Waals surface area contributed by atoms with Gasteiger partial charge in [-0.05, 0) is 48.7 Å². The molecule has 0 spiro atoms. The topological polar surface area (TPSA) is 220 Å². The molecule has 1 heterocycles. The summed E-state index contributed by atoms with van der Waals surface area (Å²) in [5, 5.41) is 27.7. The zero-order valence-electron chi connectivity index (χ0n) is 17.1. The Morgan fingerprint density at radius 1 is 0.941 bits per heavy atom. The lowest BCUT2D eigenvalue weighted by atomic mass is 10.3. The van der Waals surface area contributed by atoms with E-state index in [2.05, 4.69) is 39.8 Å². The first-order chi connectivity index (χ1) is 16.2. The highest BCUT2D eigenvalue weighted by molar-refractivity contribution is 7.98. The van der Waals surface area contributed by atoms with Gasteiger partial charge in [-0.15, -0.1) is 14.6 Å². The van der Waals surface area contributed by atoms with Crippen molar-refractivity contribution in [3.05, 3.63) is 42.5 Å². The lowest BCUT2D eigenvalue weighted by Gasteiger charge is -2.05. The number of aromatic nitrogens is 2. The zero-order valence-corrected chi connectivity index (χ0v) is 19.6. The van der Waals surface area contributed by atoms with E-state index in [1.807, 2.05) is 0 Å². The summed E-state index contributed by atoms with van der Waals surface area (Å²) >= 11 is 2.00. The van der Waals surface area contributed by atoms with Gasteiger partial charge in [-0.2, -0.15) is 18.6 Å². The van der Waals surface area contributed by atoms with Gasteiger partial charge < -0.3 is 11.5 Å². The SMILES string of the molecule is CSc1nc(N)c(/N=N/c2ccc(/N=N/c3ccc(SOOO)cc3)cc2S(=O)(=O)O)c(N)n1. The van der Waals surface area contributed by atoms with Gasteiger partial charge in [0.2, 0.25) is 0 Å². The lowest BCUT2D eigenvalue weighted by molar-refractivity contribution is -0.432. The van der Waals surface area contributed by atoms with E-state index in [1.165, 1.54) is 23.9 Å². The number of hydrogen-bond donors (Lipinski definition) is 4. The quantitative estimate of drug-likeness (QED) is 0.0560. The van der Waals surface area contributed by atoms with Crippen LogP contribution < -0.4 is 11.5 Å². The maximum absolute atomic E-state index is 11.9. The molecule has 0 atom stereocenters. The minimum Gasteiger partial charge on any atom is -0.382 e. The van der Waals surface area contributed by atoms with Crippen LogP contribution in [0, 0.1) is 0 Å². The third-order valence-electron chi connectivity index (χ3n) is 3.86. The molecular formula is C17H16N8O6S3. The van der Waals surface area contributed by atoms with Crippen molar-refractivity contribution in [1.29, 1.82) is 0 Å². The van der Waals surface area contributed by atoms with Crippen molar-refractivity contribution in [3.63, 3.8) is 0 Å². The van der Waals surface area contributed by atoms with Crippen LogP contribution in [0.4, 0.5) is 34.4 Å². The summed E-state index contributed by atoms with van der Waals surface area (Å²) in [7, 11) is -4.69. The highest BCUT2D eigenvalue weighted by atomic mass is 32.2. The molecule has 0 saturated carbocycles. The van der Waals surface area contributed by atoms with Crippen molar-refractivity contribution in [2.75, 3.05) is 17.7 Å². The maximum Gasteiger partial charge on any atom is 0.296 e. The van der Waals surface area contributed by atoms with Gasteiger partial charge in [0, 0.05) is 4.90 Å². The minimum atomic E-state index is -4.69. The predicted molar refractivity (Wildman–Crippen MR) is 124 cm³/mol. The van der Waals surface area contributed by atoms with E-state index in [4.69, 9.17) is 16.7 Å². The zero-order chi connectivity index (χ0) is 24.7. The summed E-state index contributed by atoms with van der Waals surface area (Å²) in [4.78, 5) is 8.06. The van der Waals surface area contributed by atoms with E-state index in [1.54, 1.807) is 30.5 Å². The molecule has 0 aliphatic heterocycles. The Morgan fingerprint density at radius 2 is 1.56 bits per heavy atom. The maximum atomic E-state index is 11.9. The average Bonchev–Trinajstić information content (AvgIpc) is 2.81. The van der Waals surface area contributed by atoms with Gasteiger partial charge in [0.1, 0.15) is 10.6 Å². The summed E-state index contributed by atoms with van der Waals surface area (Å²) in [6.07, 6.45) is 1.74. The Hall–Kier alpha value is -3.19. The molecule has 1 aromatic heterocycles. The van der Waals surface area contributed by atoms with Crippen LogP contribution in [-0.4, -0.2) is 34.5 Å². The highest BCUT2D eigenvalue weighted by Crippen LogP contribution is 2.34. The molecule has 0 saturated heterocycles. The molecular weight excluding hydrogens is 508 g/mol. The van der Waals surface area contributed by atoms with Gasteiger partial charge >= 0.3 is 0 Å². The second-order valence-electron chi connectivity index (χ2n) is 6.08.